The average Bonchev–Trinajstić information content (AvgIpc) is 2.73. The van der Waals surface area contributed by atoms with E-state index in [-0.39, 0.29) is 12.0 Å². The van der Waals surface area contributed by atoms with Crippen LogP contribution in [0, 0.1) is 5.92 Å². The minimum Gasteiger partial charge on any atom is -0.468 e. The quantitative estimate of drug-likeness (QED) is 0.763. The fourth-order valence-electron chi connectivity index (χ4n) is 2.01. The molecule has 0 saturated carbocycles. The molecule has 1 atom stereocenters. The Labute approximate surface area is 115 Å². The number of rotatable bonds is 7. The Kier molecular flexibility index (Phi) is 6.02. The summed E-state index contributed by atoms with van der Waals surface area (Å²) in [4.78, 5) is 11.7. The molecule has 1 heterocycles. The van der Waals surface area contributed by atoms with Crippen LogP contribution in [0.15, 0.2) is 6.07 Å². The molecule has 5 nitrogen and oxygen atoms in total. The van der Waals surface area contributed by atoms with E-state index in [1.54, 1.807) is 0 Å². The number of esters is 1. The lowest BCUT2D eigenvalue weighted by molar-refractivity contribution is -0.143. The Morgan fingerprint density at radius 2 is 2.21 bits per heavy atom. The highest BCUT2D eigenvalue weighted by Crippen LogP contribution is 2.09. The number of hydrogen-bond donors (Lipinski definition) is 1. The molecule has 19 heavy (non-hydrogen) atoms. The summed E-state index contributed by atoms with van der Waals surface area (Å²) in [5.41, 5.74) is 2.15. The number of ether oxygens (including phenoxy) is 1. The summed E-state index contributed by atoms with van der Waals surface area (Å²) in [5.74, 6) is 0.237. The van der Waals surface area contributed by atoms with Crippen molar-refractivity contribution in [3.63, 3.8) is 0 Å². The van der Waals surface area contributed by atoms with E-state index < -0.39 is 0 Å². The average molecular weight is 267 g/mol. The van der Waals surface area contributed by atoms with Crippen molar-refractivity contribution < 1.29 is 9.53 Å². The van der Waals surface area contributed by atoms with Gasteiger partial charge in [-0.25, -0.2) is 0 Å². The van der Waals surface area contributed by atoms with Gasteiger partial charge in [-0.2, -0.15) is 5.10 Å². The van der Waals surface area contributed by atoms with E-state index in [1.165, 1.54) is 7.11 Å². The second kappa shape index (κ2) is 7.28. The van der Waals surface area contributed by atoms with E-state index >= 15 is 0 Å². The second-order valence-electron chi connectivity index (χ2n) is 5.19. The topological polar surface area (TPSA) is 56.1 Å². The Morgan fingerprint density at radius 1 is 1.53 bits per heavy atom. The Hall–Kier alpha value is -1.36. The van der Waals surface area contributed by atoms with Gasteiger partial charge in [0, 0.05) is 13.6 Å². The molecule has 0 aliphatic rings. The van der Waals surface area contributed by atoms with Gasteiger partial charge in [-0.15, -0.1) is 0 Å². The van der Waals surface area contributed by atoms with Crippen molar-refractivity contribution in [1.82, 2.24) is 15.1 Å². The van der Waals surface area contributed by atoms with E-state index in [4.69, 9.17) is 4.74 Å². The number of carbonyl (C=O) groups excluding carboxylic acids is 1. The predicted molar refractivity (Wildman–Crippen MR) is 74.7 cm³/mol. The van der Waals surface area contributed by atoms with Crippen LogP contribution in [0.1, 0.15) is 38.6 Å². The maximum absolute atomic E-state index is 11.7. The molecule has 1 unspecified atom stereocenters. The van der Waals surface area contributed by atoms with Crippen molar-refractivity contribution in [2.45, 2.75) is 46.2 Å². The van der Waals surface area contributed by atoms with Crippen LogP contribution in [0.5, 0.6) is 0 Å². The standard InChI is InChI=1S/C14H25N3O2/c1-6-11-8-12(17(4)16-11)9-15-13(7-10(2)3)14(18)19-5/h8,10,13,15H,6-7,9H2,1-5H3. The number of nitrogens with one attached hydrogen (secondary N) is 1. The van der Waals surface area contributed by atoms with Gasteiger partial charge in [0.2, 0.25) is 0 Å². The fraction of sp³-hybridized carbons (Fsp3) is 0.714. The lowest BCUT2D eigenvalue weighted by Crippen LogP contribution is -2.38. The van der Waals surface area contributed by atoms with E-state index in [2.05, 4.69) is 37.3 Å². The molecule has 5 heteroatoms. The molecule has 0 spiro atoms. The molecule has 0 amide bonds. The predicted octanol–water partition coefficient (Wildman–Crippen LogP) is 1.66. The molecule has 0 aliphatic heterocycles. The highest BCUT2D eigenvalue weighted by Gasteiger charge is 2.20. The first-order valence-electron chi connectivity index (χ1n) is 6.80. The Morgan fingerprint density at radius 3 is 2.68 bits per heavy atom. The van der Waals surface area contributed by atoms with Crippen molar-refractivity contribution in [1.29, 1.82) is 0 Å². The largest absolute Gasteiger partial charge is 0.468 e. The molecule has 108 valence electrons. The van der Waals surface area contributed by atoms with Crippen LogP contribution in [0.3, 0.4) is 0 Å². The Bertz CT molecular complexity index is 413. The minimum atomic E-state index is -0.259. The van der Waals surface area contributed by atoms with Crippen molar-refractivity contribution in [2.24, 2.45) is 13.0 Å². The summed E-state index contributed by atoms with van der Waals surface area (Å²) in [6.45, 7) is 6.89. The van der Waals surface area contributed by atoms with E-state index in [9.17, 15) is 4.79 Å². The van der Waals surface area contributed by atoms with Crippen LogP contribution >= 0.6 is 0 Å². The molecule has 1 N–H and O–H groups in total. The summed E-state index contributed by atoms with van der Waals surface area (Å²) >= 11 is 0. The zero-order valence-corrected chi connectivity index (χ0v) is 12.6. The van der Waals surface area contributed by atoms with Gasteiger partial charge in [0.25, 0.3) is 0 Å². The van der Waals surface area contributed by atoms with E-state index in [0.29, 0.717) is 12.5 Å². The van der Waals surface area contributed by atoms with Gasteiger partial charge in [-0.3, -0.25) is 14.8 Å². The van der Waals surface area contributed by atoms with Crippen molar-refractivity contribution in [3.8, 4) is 0 Å². The number of hydrogen-bond acceptors (Lipinski definition) is 4. The summed E-state index contributed by atoms with van der Waals surface area (Å²) in [5, 5.41) is 7.65. The van der Waals surface area contributed by atoms with Gasteiger partial charge in [0.15, 0.2) is 0 Å². The molecule has 0 radical (unpaired) electrons. The SMILES string of the molecule is CCc1cc(CNC(CC(C)C)C(=O)OC)n(C)n1. The monoisotopic (exact) mass is 267 g/mol. The number of carbonyl (C=O) groups is 1. The van der Waals surface area contributed by atoms with Gasteiger partial charge in [0.1, 0.15) is 6.04 Å². The number of nitrogens with zero attached hydrogens (tertiary/aromatic N) is 2. The highest BCUT2D eigenvalue weighted by atomic mass is 16.5. The number of aromatic nitrogens is 2. The maximum atomic E-state index is 11.7. The summed E-state index contributed by atoms with van der Waals surface area (Å²) in [6.07, 6.45) is 1.69. The smallest absolute Gasteiger partial charge is 0.322 e. The zero-order chi connectivity index (χ0) is 14.4. The summed E-state index contributed by atoms with van der Waals surface area (Å²) in [7, 11) is 3.35. The van der Waals surface area contributed by atoms with Crippen LogP contribution in [-0.2, 0) is 29.5 Å². The van der Waals surface area contributed by atoms with Crippen LogP contribution in [0.2, 0.25) is 0 Å². The molecular weight excluding hydrogens is 242 g/mol. The lowest BCUT2D eigenvalue weighted by Gasteiger charge is -2.18. The van der Waals surface area contributed by atoms with Crippen molar-refractivity contribution in [2.75, 3.05) is 7.11 Å². The third kappa shape index (κ3) is 4.67. The van der Waals surface area contributed by atoms with Crippen LogP contribution < -0.4 is 5.32 Å². The van der Waals surface area contributed by atoms with Crippen molar-refractivity contribution in [3.05, 3.63) is 17.5 Å². The van der Waals surface area contributed by atoms with Crippen LogP contribution in [-0.4, -0.2) is 28.9 Å². The molecule has 0 fully saturated rings. The first kappa shape index (κ1) is 15.7. The third-order valence-electron chi connectivity index (χ3n) is 3.11. The normalized spacial score (nSPS) is 12.7. The zero-order valence-electron chi connectivity index (χ0n) is 12.6. The molecular formula is C14H25N3O2. The minimum absolute atomic E-state index is 0.202. The third-order valence-corrected chi connectivity index (χ3v) is 3.11. The molecule has 1 aromatic rings. The molecule has 1 aromatic heterocycles. The van der Waals surface area contributed by atoms with E-state index in [0.717, 1.165) is 24.2 Å². The van der Waals surface area contributed by atoms with Gasteiger partial charge in [0.05, 0.1) is 18.5 Å². The fourth-order valence-corrected chi connectivity index (χ4v) is 2.01. The van der Waals surface area contributed by atoms with Crippen LogP contribution in [0.4, 0.5) is 0 Å². The van der Waals surface area contributed by atoms with Gasteiger partial charge >= 0.3 is 5.97 Å². The molecule has 0 aliphatic carbocycles. The summed E-state index contributed by atoms with van der Waals surface area (Å²) < 4.78 is 6.69. The van der Waals surface area contributed by atoms with Gasteiger partial charge < -0.3 is 4.74 Å². The number of methoxy groups -OCH3 is 1. The van der Waals surface area contributed by atoms with Gasteiger partial charge in [-0.1, -0.05) is 20.8 Å². The number of aryl methyl sites for hydroxylation is 2. The van der Waals surface area contributed by atoms with E-state index in [1.807, 2.05) is 11.7 Å². The second-order valence-corrected chi connectivity index (χ2v) is 5.19. The van der Waals surface area contributed by atoms with Crippen LogP contribution in [0.25, 0.3) is 0 Å². The molecule has 0 aromatic carbocycles. The highest BCUT2D eigenvalue weighted by molar-refractivity contribution is 5.75. The summed E-state index contributed by atoms with van der Waals surface area (Å²) in [6, 6.07) is 1.81. The molecule has 0 bridgehead atoms. The van der Waals surface area contributed by atoms with Crippen molar-refractivity contribution >= 4 is 5.97 Å². The lowest BCUT2D eigenvalue weighted by atomic mass is 10.0. The first-order valence-corrected chi connectivity index (χ1v) is 6.80. The first-order chi connectivity index (χ1) is 8.97. The molecule has 1 rings (SSSR count). The Balaban J connectivity index is 2.64. The van der Waals surface area contributed by atoms with Gasteiger partial charge in [-0.05, 0) is 24.8 Å². The molecule has 0 saturated heterocycles. The maximum Gasteiger partial charge on any atom is 0.322 e.